The zero-order chi connectivity index (χ0) is 15.8. The van der Waals surface area contributed by atoms with Crippen LogP contribution in [0.5, 0.6) is 0 Å². The van der Waals surface area contributed by atoms with Crippen molar-refractivity contribution in [3.63, 3.8) is 0 Å². The van der Waals surface area contributed by atoms with Crippen LogP contribution in [-0.4, -0.2) is 9.55 Å². The van der Waals surface area contributed by atoms with Crippen LogP contribution >= 0.6 is 0 Å². The van der Waals surface area contributed by atoms with Crippen LogP contribution in [0.2, 0.25) is 0 Å². The number of pyridine rings is 2. The minimum Gasteiger partial charge on any atom is -0.303 e. The van der Waals surface area contributed by atoms with Crippen molar-refractivity contribution in [2.45, 2.75) is 13.5 Å². The molecule has 2 aromatic heterocycles. The molecule has 2 aromatic carbocycles. The summed E-state index contributed by atoms with van der Waals surface area (Å²) >= 11 is 0. The van der Waals surface area contributed by atoms with Crippen LogP contribution in [0.15, 0.2) is 71.7 Å². The Bertz CT molecular complexity index is 1070. The molecule has 0 saturated carbocycles. The van der Waals surface area contributed by atoms with E-state index in [1.54, 1.807) is 6.20 Å². The molecule has 0 aliphatic carbocycles. The van der Waals surface area contributed by atoms with Crippen molar-refractivity contribution in [3.05, 3.63) is 88.3 Å². The minimum absolute atomic E-state index is 0.0127. The highest BCUT2D eigenvalue weighted by molar-refractivity contribution is 6.04. The molecule has 23 heavy (non-hydrogen) atoms. The highest BCUT2D eigenvalue weighted by atomic mass is 16.1. The van der Waals surface area contributed by atoms with Crippen LogP contribution in [0.3, 0.4) is 0 Å². The maximum absolute atomic E-state index is 13.0. The second-order valence-corrected chi connectivity index (χ2v) is 5.75. The Morgan fingerprint density at radius 1 is 0.913 bits per heavy atom. The Labute approximate surface area is 133 Å². The SMILES string of the molecule is Cc1cccc2c3ncccc3c(=O)n(Cc3ccccc3)c12. The molecule has 0 amide bonds. The van der Waals surface area contributed by atoms with Crippen LogP contribution in [0, 0.1) is 6.92 Å². The molecule has 3 heteroatoms. The normalized spacial score (nSPS) is 11.2. The van der Waals surface area contributed by atoms with Crippen molar-refractivity contribution in [3.8, 4) is 0 Å². The average Bonchev–Trinajstić information content (AvgIpc) is 2.60. The van der Waals surface area contributed by atoms with Gasteiger partial charge >= 0.3 is 0 Å². The van der Waals surface area contributed by atoms with Crippen LogP contribution in [0.25, 0.3) is 21.8 Å². The summed E-state index contributed by atoms with van der Waals surface area (Å²) in [5.41, 5.74) is 3.96. The van der Waals surface area contributed by atoms with E-state index < -0.39 is 0 Å². The fraction of sp³-hybridized carbons (Fsp3) is 0.100. The minimum atomic E-state index is 0.0127. The van der Waals surface area contributed by atoms with Crippen LogP contribution in [0.4, 0.5) is 0 Å². The Morgan fingerprint density at radius 3 is 2.52 bits per heavy atom. The molecule has 0 bridgehead atoms. The zero-order valence-corrected chi connectivity index (χ0v) is 12.9. The summed E-state index contributed by atoms with van der Waals surface area (Å²) in [5, 5.41) is 1.69. The molecule has 4 aromatic rings. The lowest BCUT2D eigenvalue weighted by molar-refractivity contribution is 0.799. The van der Waals surface area contributed by atoms with Crippen LogP contribution in [-0.2, 0) is 6.54 Å². The van der Waals surface area contributed by atoms with Gasteiger partial charge in [0.15, 0.2) is 0 Å². The van der Waals surface area contributed by atoms with E-state index >= 15 is 0 Å². The van der Waals surface area contributed by atoms with Crippen molar-refractivity contribution in [2.24, 2.45) is 0 Å². The summed E-state index contributed by atoms with van der Waals surface area (Å²) in [4.78, 5) is 17.5. The third kappa shape index (κ3) is 2.21. The molecule has 0 spiro atoms. The molecule has 112 valence electrons. The van der Waals surface area contributed by atoms with Gasteiger partial charge in [0.25, 0.3) is 5.56 Å². The summed E-state index contributed by atoms with van der Waals surface area (Å²) < 4.78 is 1.87. The van der Waals surface area contributed by atoms with Gasteiger partial charge in [-0.25, -0.2) is 0 Å². The first kappa shape index (κ1) is 13.7. The number of nitrogens with zero attached hydrogens (tertiary/aromatic N) is 2. The predicted molar refractivity (Wildman–Crippen MR) is 93.8 cm³/mol. The maximum Gasteiger partial charge on any atom is 0.260 e. The highest BCUT2D eigenvalue weighted by Crippen LogP contribution is 2.24. The van der Waals surface area contributed by atoms with Crippen molar-refractivity contribution in [2.75, 3.05) is 0 Å². The molecule has 0 radical (unpaired) electrons. The topological polar surface area (TPSA) is 34.9 Å². The molecule has 3 nitrogen and oxygen atoms in total. The van der Waals surface area contributed by atoms with Gasteiger partial charge in [0.1, 0.15) is 0 Å². The molecule has 0 fully saturated rings. The number of benzene rings is 2. The molecular formula is C20H16N2O. The molecule has 4 rings (SSSR count). The van der Waals surface area contributed by atoms with Crippen molar-refractivity contribution >= 4 is 21.8 Å². The quantitative estimate of drug-likeness (QED) is 0.526. The van der Waals surface area contributed by atoms with E-state index in [0.717, 1.165) is 27.5 Å². The van der Waals surface area contributed by atoms with Crippen LogP contribution < -0.4 is 5.56 Å². The zero-order valence-electron chi connectivity index (χ0n) is 12.9. The molecular weight excluding hydrogens is 284 g/mol. The van der Waals surface area contributed by atoms with E-state index in [1.165, 1.54) is 0 Å². The monoisotopic (exact) mass is 300 g/mol. The molecule has 2 heterocycles. The first-order valence-electron chi connectivity index (χ1n) is 7.66. The molecule has 0 unspecified atom stereocenters. The number of hydrogen-bond acceptors (Lipinski definition) is 2. The van der Waals surface area contributed by atoms with Gasteiger partial charge in [-0.05, 0) is 30.2 Å². The number of para-hydroxylation sites is 1. The second-order valence-electron chi connectivity index (χ2n) is 5.75. The van der Waals surface area contributed by atoms with E-state index in [4.69, 9.17) is 0 Å². The summed E-state index contributed by atoms with van der Waals surface area (Å²) in [5.74, 6) is 0. The fourth-order valence-electron chi connectivity index (χ4n) is 3.16. The first-order chi connectivity index (χ1) is 11.3. The largest absolute Gasteiger partial charge is 0.303 e. The maximum atomic E-state index is 13.0. The molecule has 0 saturated heterocycles. The lowest BCUT2D eigenvalue weighted by Crippen LogP contribution is -2.22. The van der Waals surface area contributed by atoms with E-state index in [0.29, 0.717) is 11.9 Å². The van der Waals surface area contributed by atoms with Gasteiger partial charge in [-0.3, -0.25) is 9.78 Å². The number of fused-ring (bicyclic) bond motifs is 3. The lowest BCUT2D eigenvalue weighted by atomic mass is 10.1. The summed E-state index contributed by atoms with van der Waals surface area (Å²) in [6.07, 6.45) is 1.74. The Hall–Kier alpha value is -2.94. The fourth-order valence-corrected chi connectivity index (χ4v) is 3.16. The smallest absolute Gasteiger partial charge is 0.260 e. The summed E-state index contributed by atoms with van der Waals surface area (Å²) in [6, 6.07) is 19.8. The number of hydrogen-bond donors (Lipinski definition) is 0. The van der Waals surface area contributed by atoms with Crippen molar-refractivity contribution < 1.29 is 0 Å². The third-order valence-corrected chi connectivity index (χ3v) is 4.23. The third-order valence-electron chi connectivity index (χ3n) is 4.23. The Kier molecular flexibility index (Phi) is 3.19. The van der Waals surface area contributed by atoms with Gasteiger partial charge < -0.3 is 4.57 Å². The van der Waals surface area contributed by atoms with Gasteiger partial charge in [0.05, 0.1) is 23.0 Å². The summed E-state index contributed by atoms with van der Waals surface area (Å²) in [7, 11) is 0. The van der Waals surface area contributed by atoms with E-state index in [1.807, 2.05) is 72.2 Å². The Morgan fingerprint density at radius 2 is 1.70 bits per heavy atom. The van der Waals surface area contributed by atoms with E-state index in [9.17, 15) is 4.79 Å². The van der Waals surface area contributed by atoms with Gasteiger partial charge in [0.2, 0.25) is 0 Å². The second kappa shape index (κ2) is 5.36. The molecule has 0 atom stereocenters. The number of rotatable bonds is 2. The average molecular weight is 300 g/mol. The summed E-state index contributed by atoms with van der Waals surface area (Å²) in [6.45, 7) is 2.60. The Balaban J connectivity index is 2.12. The van der Waals surface area contributed by atoms with Gasteiger partial charge in [-0.1, -0.05) is 48.5 Å². The lowest BCUT2D eigenvalue weighted by Gasteiger charge is -2.14. The van der Waals surface area contributed by atoms with Gasteiger partial charge in [-0.15, -0.1) is 0 Å². The number of aromatic nitrogens is 2. The van der Waals surface area contributed by atoms with Crippen LogP contribution in [0.1, 0.15) is 11.1 Å². The number of aryl methyl sites for hydroxylation is 1. The van der Waals surface area contributed by atoms with Gasteiger partial charge in [0, 0.05) is 11.6 Å². The highest BCUT2D eigenvalue weighted by Gasteiger charge is 2.13. The van der Waals surface area contributed by atoms with Gasteiger partial charge in [-0.2, -0.15) is 0 Å². The predicted octanol–water partition coefficient (Wildman–Crippen LogP) is 3.91. The van der Waals surface area contributed by atoms with Crippen molar-refractivity contribution in [1.82, 2.24) is 9.55 Å². The standard InChI is InChI=1S/C20H16N2O/c1-14-7-5-10-16-18-17(11-6-12-21-18)20(23)22(19(14)16)13-15-8-3-2-4-9-15/h2-12H,13H2,1H3. The van der Waals surface area contributed by atoms with E-state index in [-0.39, 0.29) is 5.56 Å². The molecule has 0 N–H and O–H groups in total. The van der Waals surface area contributed by atoms with E-state index in [2.05, 4.69) is 4.98 Å². The molecule has 0 aliphatic rings. The van der Waals surface area contributed by atoms with Crippen molar-refractivity contribution in [1.29, 1.82) is 0 Å². The molecule has 0 aliphatic heterocycles. The first-order valence-corrected chi connectivity index (χ1v) is 7.66.